The number of ether oxygens (including phenoxy) is 1. The van der Waals surface area contributed by atoms with Gasteiger partial charge in [-0.25, -0.2) is 4.98 Å². The topological polar surface area (TPSA) is 69.5 Å². The highest BCUT2D eigenvalue weighted by atomic mass is 16.5. The number of nitrogens with zero attached hydrogens (tertiary/aromatic N) is 4. The summed E-state index contributed by atoms with van der Waals surface area (Å²) in [6.45, 7) is 5.20. The van der Waals surface area contributed by atoms with E-state index in [2.05, 4.69) is 22.9 Å². The van der Waals surface area contributed by atoms with Crippen molar-refractivity contribution in [2.75, 3.05) is 37.7 Å². The van der Waals surface area contributed by atoms with E-state index >= 15 is 0 Å². The van der Waals surface area contributed by atoms with Gasteiger partial charge in [0, 0.05) is 32.4 Å². The van der Waals surface area contributed by atoms with Gasteiger partial charge >= 0.3 is 0 Å². The summed E-state index contributed by atoms with van der Waals surface area (Å²) in [6.07, 6.45) is 6.64. The largest absolute Gasteiger partial charge is 0.368 e. The third kappa shape index (κ3) is 4.49. The molecule has 3 rings (SSSR count). The Hall–Kier alpha value is -2.13. The quantitative estimate of drug-likeness (QED) is 0.839. The molecule has 1 aromatic rings. The zero-order valence-electron chi connectivity index (χ0n) is 14.9. The maximum absolute atomic E-state index is 12.4. The second kappa shape index (κ2) is 8.30. The number of anilines is 1. The molecular weight excluding hydrogens is 316 g/mol. The third-order valence-electron chi connectivity index (χ3n) is 5.28. The summed E-state index contributed by atoms with van der Waals surface area (Å²) in [4.78, 5) is 20.7. The molecule has 25 heavy (non-hydrogen) atoms. The lowest BCUT2D eigenvalue weighted by atomic mass is 9.88. The maximum Gasteiger partial charge on any atom is 0.248 e. The van der Waals surface area contributed by atoms with Crippen molar-refractivity contribution in [1.29, 1.82) is 5.26 Å². The van der Waals surface area contributed by atoms with Crippen LogP contribution in [0.15, 0.2) is 18.3 Å². The van der Waals surface area contributed by atoms with E-state index in [0.29, 0.717) is 24.6 Å². The van der Waals surface area contributed by atoms with Crippen LogP contribution < -0.4 is 4.90 Å². The van der Waals surface area contributed by atoms with Gasteiger partial charge in [-0.15, -0.1) is 0 Å². The fraction of sp³-hybridized carbons (Fsp3) is 0.632. The minimum absolute atomic E-state index is 0.0798. The third-order valence-corrected chi connectivity index (χ3v) is 5.28. The van der Waals surface area contributed by atoms with Crippen molar-refractivity contribution < 1.29 is 9.53 Å². The highest BCUT2D eigenvalue weighted by Crippen LogP contribution is 2.26. The van der Waals surface area contributed by atoms with Gasteiger partial charge < -0.3 is 14.5 Å². The van der Waals surface area contributed by atoms with E-state index in [-0.39, 0.29) is 18.6 Å². The normalized spacial score (nSPS) is 24.0. The Bertz CT molecular complexity index is 635. The van der Waals surface area contributed by atoms with Crippen molar-refractivity contribution in [3.63, 3.8) is 0 Å². The lowest BCUT2D eigenvalue weighted by Crippen LogP contribution is -2.50. The molecule has 6 heteroatoms. The van der Waals surface area contributed by atoms with Crippen LogP contribution >= 0.6 is 0 Å². The van der Waals surface area contributed by atoms with Crippen LogP contribution in [0.2, 0.25) is 0 Å². The predicted molar refractivity (Wildman–Crippen MR) is 95.1 cm³/mol. The van der Waals surface area contributed by atoms with Crippen LogP contribution in [0.4, 0.5) is 5.82 Å². The molecule has 1 amide bonds. The molecule has 1 aliphatic carbocycles. The summed E-state index contributed by atoms with van der Waals surface area (Å²) in [5.74, 6) is 1.44. The molecule has 1 saturated carbocycles. The van der Waals surface area contributed by atoms with E-state index in [1.807, 2.05) is 4.90 Å². The van der Waals surface area contributed by atoms with Gasteiger partial charge in [-0.1, -0.05) is 19.8 Å². The van der Waals surface area contributed by atoms with E-state index < -0.39 is 0 Å². The molecule has 6 nitrogen and oxygen atoms in total. The van der Waals surface area contributed by atoms with E-state index in [9.17, 15) is 4.79 Å². The van der Waals surface area contributed by atoms with Gasteiger partial charge in [-0.05, 0) is 30.9 Å². The highest BCUT2D eigenvalue weighted by molar-refractivity contribution is 5.77. The Labute approximate surface area is 149 Å². The van der Waals surface area contributed by atoms with Crippen LogP contribution in [-0.4, -0.2) is 54.7 Å². The van der Waals surface area contributed by atoms with Crippen molar-refractivity contribution in [3.8, 4) is 6.07 Å². The van der Waals surface area contributed by atoms with Crippen LogP contribution in [0, 0.1) is 17.2 Å². The number of nitriles is 1. The van der Waals surface area contributed by atoms with Crippen LogP contribution in [0.3, 0.4) is 0 Å². The molecule has 0 unspecified atom stereocenters. The standard InChI is InChI=1S/C19H26N4O2/c1-15-4-2-3-5-17(15)25-14-19(24)23-10-8-22(9-11-23)18-12-16(13-20)6-7-21-18/h6-7,12,15,17H,2-5,8-11,14H2,1H3/t15-,17-/m0/s1. The van der Waals surface area contributed by atoms with Gasteiger partial charge in [-0.2, -0.15) is 5.26 Å². The van der Waals surface area contributed by atoms with Gasteiger partial charge in [0.05, 0.1) is 17.7 Å². The minimum Gasteiger partial charge on any atom is -0.368 e. The zero-order chi connectivity index (χ0) is 17.6. The van der Waals surface area contributed by atoms with Crippen LogP contribution in [0.25, 0.3) is 0 Å². The van der Waals surface area contributed by atoms with Crippen molar-refractivity contribution in [1.82, 2.24) is 9.88 Å². The van der Waals surface area contributed by atoms with Gasteiger partial charge in [0.2, 0.25) is 5.91 Å². The Morgan fingerprint density at radius 2 is 2.08 bits per heavy atom. The minimum atomic E-state index is 0.0798. The molecule has 0 spiro atoms. The first-order valence-corrected chi connectivity index (χ1v) is 9.18. The first-order valence-electron chi connectivity index (χ1n) is 9.18. The Morgan fingerprint density at radius 1 is 1.32 bits per heavy atom. The maximum atomic E-state index is 12.4. The molecule has 2 atom stereocenters. The molecule has 0 aromatic carbocycles. The Morgan fingerprint density at radius 3 is 2.80 bits per heavy atom. The molecule has 2 fully saturated rings. The number of hydrogen-bond donors (Lipinski definition) is 0. The molecule has 1 aliphatic heterocycles. The van der Waals surface area contributed by atoms with Gasteiger partial charge in [0.1, 0.15) is 12.4 Å². The van der Waals surface area contributed by atoms with Crippen molar-refractivity contribution in [2.24, 2.45) is 5.92 Å². The zero-order valence-corrected chi connectivity index (χ0v) is 14.9. The second-order valence-electron chi connectivity index (χ2n) is 6.99. The Kier molecular flexibility index (Phi) is 5.87. The van der Waals surface area contributed by atoms with Crippen LogP contribution in [-0.2, 0) is 9.53 Å². The van der Waals surface area contributed by atoms with Gasteiger partial charge in [-0.3, -0.25) is 4.79 Å². The van der Waals surface area contributed by atoms with Gasteiger partial charge in [0.15, 0.2) is 0 Å². The molecule has 1 saturated heterocycles. The number of carbonyl (C=O) groups is 1. The van der Waals surface area contributed by atoms with Crippen LogP contribution in [0.1, 0.15) is 38.2 Å². The molecule has 1 aromatic heterocycles. The number of aromatic nitrogens is 1. The summed E-state index contributed by atoms with van der Waals surface area (Å²) in [6, 6.07) is 5.64. The Balaban J connectivity index is 1.46. The SMILES string of the molecule is C[C@H]1CCCC[C@@H]1OCC(=O)N1CCN(c2cc(C#N)ccn2)CC1. The summed E-state index contributed by atoms with van der Waals surface area (Å²) in [7, 11) is 0. The molecule has 2 heterocycles. The molecular formula is C19H26N4O2. The molecule has 0 N–H and O–H groups in total. The number of rotatable bonds is 4. The number of hydrogen-bond acceptors (Lipinski definition) is 5. The molecule has 134 valence electrons. The average molecular weight is 342 g/mol. The van der Waals surface area contributed by atoms with Gasteiger partial charge in [0.25, 0.3) is 0 Å². The lowest BCUT2D eigenvalue weighted by Gasteiger charge is -2.36. The van der Waals surface area contributed by atoms with Crippen molar-refractivity contribution >= 4 is 11.7 Å². The monoisotopic (exact) mass is 342 g/mol. The average Bonchev–Trinajstić information content (AvgIpc) is 2.67. The predicted octanol–water partition coefficient (Wildman–Crippen LogP) is 2.20. The van der Waals surface area contributed by atoms with Crippen molar-refractivity contribution in [2.45, 2.75) is 38.7 Å². The van der Waals surface area contributed by atoms with E-state index in [0.717, 1.165) is 25.3 Å². The van der Waals surface area contributed by atoms with E-state index in [1.165, 1.54) is 19.3 Å². The fourth-order valence-corrected chi connectivity index (χ4v) is 3.65. The first kappa shape index (κ1) is 17.7. The highest BCUT2D eigenvalue weighted by Gasteiger charge is 2.26. The van der Waals surface area contributed by atoms with E-state index in [4.69, 9.17) is 10.00 Å². The second-order valence-corrected chi connectivity index (χ2v) is 6.99. The summed E-state index contributed by atoms with van der Waals surface area (Å²) in [5.41, 5.74) is 0.610. The molecule has 2 aliphatic rings. The van der Waals surface area contributed by atoms with Crippen LogP contribution in [0.5, 0.6) is 0 Å². The van der Waals surface area contributed by atoms with E-state index in [1.54, 1.807) is 18.3 Å². The number of amides is 1. The molecule has 0 bridgehead atoms. The molecule has 0 radical (unpaired) electrons. The number of pyridine rings is 1. The lowest BCUT2D eigenvalue weighted by molar-refractivity contribution is -0.140. The first-order chi connectivity index (χ1) is 12.2. The smallest absolute Gasteiger partial charge is 0.248 e. The number of carbonyl (C=O) groups excluding carboxylic acids is 1. The van der Waals surface area contributed by atoms with Crippen molar-refractivity contribution in [3.05, 3.63) is 23.9 Å². The number of piperazine rings is 1. The summed E-state index contributed by atoms with van der Waals surface area (Å²) in [5, 5.41) is 9.00. The summed E-state index contributed by atoms with van der Waals surface area (Å²) >= 11 is 0. The fourth-order valence-electron chi connectivity index (χ4n) is 3.65. The summed E-state index contributed by atoms with van der Waals surface area (Å²) < 4.78 is 5.90.